The largest absolute Gasteiger partial charge is 0.497 e. The first-order valence-corrected chi connectivity index (χ1v) is 5.68. The smallest absolute Gasteiger partial charge is 0.252 e. The molecule has 0 aliphatic rings. The number of ether oxygens (including phenoxy) is 1. The van der Waals surface area contributed by atoms with E-state index in [-0.39, 0.29) is 5.91 Å². The summed E-state index contributed by atoms with van der Waals surface area (Å²) in [7, 11) is 1.51. The van der Waals surface area contributed by atoms with Crippen LogP contribution in [-0.2, 0) is 4.79 Å². The van der Waals surface area contributed by atoms with Crippen molar-refractivity contribution in [2.75, 3.05) is 7.11 Å². The Hall–Kier alpha value is -1.56. The van der Waals surface area contributed by atoms with Crippen LogP contribution >= 0.6 is 15.9 Å². The van der Waals surface area contributed by atoms with E-state index in [9.17, 15) is 9.59 Å². The maximum absolute atomic E-state index is 11.8. The summed E-state index contributed by atoms with van der Waals surface area (Å²) in [6.07, 6.45) is 0. The topological polar surface area (TPSA) is 81.4 Å². The molecule has 17 heavy (non-hydrogen) atoms. The molecule has 0 heterocycles. The summed E-state index contributed by atoms with van der Waals surface area (Å²) in [5, 5.41) is 2.48. The van der Waals surface area contributed by atoms with Crippen molar-refractivity contribution >= 4 is 27.7 Å². The molecule has 0 bridgehead atoms. The summed E-state index contributed by atoms with van der Waals surface area (Å²) < 4.78 is 5.75. The van der Waals surface area contributed by atoms with Crippen molar-refractivity contribution in [3.05, 3.63) is 28.2 Å². The van der Waals surface area contributed by atoms with Gasteiger partial charge < -0.3 is 15.8 Å². The second-order valence-electron chi connectivity index (χ2n) is 3.48. The van der Waals surface area contributed by atoms with E-state index in [1.165, 1.54) is 14.0 Å². The van der Waals surface area contributed by atoms with Crippen molar-refractivity contribution in [3.63, 3.8) is 0 Å². The second-order valence-corrected chi connectivity index (χ2v) is 4.39. The van der Waals surface area contributed by atoms with E-state index in [0.29, 0.717) is 15.8 Å². The van der Waals surface area contributed by atoms with Crippen LogP contribution in [0.3, 0.4) is 0 Å². The van der Waals surface area contributed by atoms with Gasteiger partial charge >= 0.3 is 0 Å². The molecule has 92 valence electrons. The zero-order valence-electron chi connectivity index (χ0n) is 9.49. The highest BCUT2D eigenvalue weighted by atomic mass is 79.9. The number of nitrogens with two attached hydrogens (primary N) is 1. The lowest BCUT2D eigenvalue weighted by Crippen LogP contribution is -2.42. The quantitative estimate of drug-likeness (QED) is 0.872. The Kier molecular flexibility index (Phi) is 4.51. The Morgan fingerprint density at radius 2 is 2.06 bits per heavy atom. The average molecular weight is 301 g/mol. The Bertz CT molecular complexity index is 448. The summed E-state index contributed by atoms with van der Waals surface area (Å²) in [4.78, 5) is 22.6. The van der Waals surface area contributed by atoms with Gasteiger partial charge in [0.15, 0.2) is 0 Å². The number of halogens is 1. The van der Waals surface area contributed by atoms with Crippen LogP contribution in [0.2, 0.25) is 0 Å². The van der Waals surface area contributed by atoms with E-state index in [1.54, 1.807) is 18.2 Å². The minimum atomic E-state index is -0.715. The van der Waals surface area contributed by atoms with Crippen LogP contribution in [0.4, 0.5) is 0 Å². The molecule has 1 rings (SSSR count). The summed E-state index contributed by atoms with van der Waals surface area (Å²) in [5.74, 6) is -0.410. The van der Waals surface area contributed by atoms with E-state index < -0.39 is 11.9 Å². The third-order valence-electron chi connectivity index (χ3n) is 2.14. The van der Waals surface area contributed by atoms with Crippen LogP contribution in [0.1, 0.15) is 17.3 Å². The van der Waals surface area contributed by atoms with Gasteiger partial charge in [0, 0.05) is 10.0 Å². The van der Waals surface area contributed by atoms with E-state index in [4.69, 9.17) is 10.5 Å². The van der Waals surface area contributed by atoms with Crippen molar-refractivity contribution < 1.29 is 14.3 Å². The lowest BCUT2D eigenvalue weighted by Gasteiger charge is -2.11. The molecule has 0 radical (unpaired) electrons. The standard InChI is InChI=1S/C11H13BrN2O3/c1-6(10(13)15)14-11(16)7-3-8(12)5-9(4-7)17-2/h3-6H,1-2H3,(H2,13,15)(H,14,16). The fraction of sp³-hybridized carbons (Fsp3) is 0.273. The van der Waals surface area contributed by atoms with E-state index in [1.807, 2.05) is 0 Å². The number of carbonyl (C=O) groups is 2. The minimum absolute atomic E-state index is 0.379. The summed E-state index contributed by atoms with van der Waals surface area (Å²) in [6, 6.07) is 4.22. The molecule has 6 heteroatoms. The van der Waals surface area contributed by atoms with Gasteiger partial charge in [0.2, 0.25) is 5.91 Å². The predicted molar refractivity (Wildman–Crippen MR) is 66.8 cm³/mol. The first kappa shape index (κ1) is 13.5. The van der Waals surface area contributed by atoms with Gasteiger partial charge in [0.05, 0.1) is 7.11 Å². The highest BCUT2D eigenvalue weighted by molar-refractivity contribution is 9.10. The molecule has 1 atom stereocenters. The molecule has 0 saturated heterocycles. The van der Waals surface area contributed by atoms with Gasteiger partial charge in [-0.1, -0.05) is 15.9 Å². The van der Waals surface area contributed by atoms with Crippen LogP contribution in [-0.4, -0.2) is 25.0 Å². The number of rotatable bonds is 4. The van der Waals surface area contributed by atoms with Crippen LogP contribution in [0.25, 0.3) is 0 Å². The lowest BCUT2D eigenvalue weighted by molar-refractivity contribution is -0.119. The molecular weight excluding hydrogens is 288 g/mol. The zero-order valence-corrected chi connectivity index (χ0v) is 11.1. The van der Waals surface area contributed by atoms with Gasteiger partial charge in [-0.25, -0.2) is 0 Å². The van der Waals surface area contributed by atoms with Crippen molar-refractivity contribution in [3.8, 4) is 5.75 Å². The maximum atomic E-state index is 11.8. The molecular formula is C11H13BrN2O3. The number of benzene rings is 1. The third-order valence-corrected chi connectivity index (χ3v) is 2.60. The van der Waals surface area contributed by atoms with Gasteiger partial charge in [-0.2, -0.15) is 0 Å². The van der Waals surface area contributed by atoms with Crippen molar-refractivity contribution in [1.82, 2.24) is 5.32 Å². The number of hydrogen-bond donors (Lipinski definition) is 2. The van der Waals surface area contributed by atoms with Gasteiger partial charge in [0.1, 0.15) is 11.8 Å². The van der Waals surface area contributed by atoms with Crippen molar-refractivity contribution in [2.45, 2.75) is 13.0 Å². The predicted octanol–water partition coefficient (Wildman–Crippen LogP) is 1.06. The Balaban J connectivity index is 2.88. The van der Waals surface area contributed by atoms with Gasteiger partial charge in [-0.3, -0.25) is 9.59 Å². The molecule has 3 N–H and O–H groups in total. The lowest BCUT2D eigenvalue weighted by atomic mass is 10.2. The number of amides is 2. The van der Waals surface area contributed by atoms with Crippen LogP contribution in [0.5, 0.6) is 5.75 Å². The fourth-order valence-electron chi connectivity index (χ4n) is 1.16. The van der Waals surface area contributed by atoms with Gasteiger partial charge in [-0.05, 0) is 25.1 Å². The minimum Gasteiger partial charge on any atom is -0.497 e. The van der Waals surface area contributed by atoms with E-state index >= 15 is 0 Å². The maximum Gasteiger partial charge on any atom is 0.252 e. The molecule has 1 aromatic rings. The number of carbonyl (C=O) groups excluding carboxylic acids is 2. The summed E-state index contributed by atoms with van der Waals surface area (Å²) >= 11 is 3.27. The Morgan fingerprint density at radius 3 is 2.59 bits per heavy atom. The van der Waals surface area contributed by atoms with E-state index in [2.05, 4.69) is 21.2 Å². The normalized spacial score (nSPS) is 11.7. The summed E-state index contributed by atoms with van der Waals surface area (Å²) in [6.45, 7) is 1.52. The van der Waals surface area contributed by atoms with Crippen molar-refractivity contribution in [2.24, 2.45) is 5.73 Å². The van der Waals surface area contributed by atoms with Gasteiger partial charge in [0.25, 0.3) is 5.91 Å². The zero-order chi connectivity index (χ0) is 13.0. The average Bonchev–Trinajstić information content (AvgIpc) is 2.27. The second kappa shape index (κ2) is 5.67. The highest BCUT2D eigenvalue weighted by Crippen LogP contribution is 2.21. The van der Waals surface area contributed by atoms with Crippen molar-refractivity contribution in [1.29, 1.82) is 0 Å². The van der Waals surface area contributed by atoms with Gasteiger partial charge in [-0.15, -0.1) is 0 Å². The molecule has 0 aliphatic carbocycles. The number of nitrogens with one attached hydrogen (secondary N) is 1. The molecule has 2 amide bonds. The van der Waals surface area contributed by atoms with Crippen LogP contribution in [0, 0.1) is 0 Å². The molecule has 5 nitrogen and oxygen atoms in total. The van der Waals surface area contributed by atoms with Crippen LogP contribution < -0.4 is 15.8 Å². The molecule has 0 aliphatic heterocycles. The molecule has 0 spiro atoms. The molecule has 1 aromatic carbocycles. The number of primary amides is 1. The fourth-order valence-corrected chi connectivity index (χ4v) is 1.64. The van der Waals surface area contributed by atoms with E-state index in [0.717, 1.165) is 0 Å². The Labute approximate surface area is 107 Å². The monoisotopic (exact) mass is 300 g/mol. The number of methoxy groups -OCH3 is 1. The summed E-state index contributed by atoms with van der Waals surface area (Å²) in [5.41, 5.74) is 5.45. The first-order valence-electron chi connectivity index (χ1n) is 4.89. The molecule has 1 unspecified atom stereocenters. The SMILES string of the molecule is COc1cc(Br)cc(C(=O)NC(C)C(N)=O)c1. The third kappa shape index (κ3) is 3.74. The van der Waals surface area contributed by atoms with Crippen LogP contribution in [0.15, 0.2) is 22.7 Å². The molecule has 0 fully saturated rings. The first-order chi connectivity index (χ1) is 7.93. The Morgan fingerprint density at radius 1 is 1.41 bits per heavy atom. The highest BCUT2D eigenvalue weighted by Gasteiger charge is 2.14. The molecule has 0 saturated carbocycles. The number of hydrogen-bond acceptors (Lipinski definition) is 3. The molecule has 0 aromatic heterocycles.